The van der Waals surface area contributed by atoms with Crippen LogP contribution in [0.2, 0.25) is 0 Å². The lowest BCUT2D eigenvalue weighted by atomic mass is 9.97. The van der Waals surface area contributed by atoms with Crippen LogP contribution in [0.3, 0.4) is 0 Å². The number of aliphatic imine (C=N–C) groups is 1. The van der Waals surface area contributed by atoms with Crippen LogP contribution >= 0.6 is 0 Å². The van der Waals surface area contributed by atoms with E-state index in [2.05, 4.69) is 16.8 Å². The topological polar surface area (TPSA) is 71.2 Å². The first kappa shape index (κ1) is 18.9. The van der Waals surface area contributed by atoms with Crippen molar-refractivity contribution in [1.82, 2.24) is 9.80 Å². The Bertz CT molecular complexity index is 442. The van der Waals surface area contributed by atoms with Gasteiger partial charge < -0.3 is 20.3 Å². The summed E-state index contributed by atoms with van der Waals surface area (Å²) in [7, 11) is 0. The third-order valence-electron chi connectivity index (χ3n) is 4.89. The van der Waals surface area contributed by atoms with Crippen LogP contribution in [0.15, 0.2) is 4.99 Å². The summed E-state index contributed by atoms with van der Waals surface area (Å²) < 4.78 is 5.43. The van der Waals surface area contributed by atoms with E-state index in [0.29, 0.717) is 11.9 Å². The van der Waals surface area contributed by atoms with E-state index in [4.69, 9.17) is 10.5 Å². The molecule has 0 aliphatic carbocycles. The number of piperidine rings is 2. The monoisotopic (exact) mass is 338 g/mol. The van der Waals surface area contributed by atoms with E-state index in [-0.39, 0.29) is 6.09 Å². The van der Waals surface area contributed by atoms with Gasteiger partial charge in [-0.15, -0.1) is 0 Å². The molecule has 0 atom stereocenters. The molecule has 2 aliphatic heterocycles. The van der Waals surface area contributed by atoms with E-state index in [1.165, 1.54) is 12.8 Å². The molecule has 0 spiro atoms. The fourth-order valence-corrected chi connectivity index (χ4v) is 3.18. The number of likely N-dealkylation sites (tertiary alicyclic amines) is 2. The van der Waals surface area contributed by atoms with Crippen LogP contribution in [0.4, 0.5) is 4.79 Å². The van der Waals surface area contributed by atoms with Crippen molar-refractivity contribution in [2.45, 2.75) is 59.0 Å². The van der Waals surface area contributed by atoms with Crippen molar-refractivity contribution in [2.24, 2.45) is 22.6 Å². The van der Waals surface area contributed by atoms with Crippen molar-refractivity contribution in [3.8, 4) is 0 Å². The molecule has 2 aliphatic rings. The molecule has 0 unspecified atom stereocenters. The summed E-state index contributed by atoms with van der Waals surface area (Å²) in [6, 6.07) is 0. The second-order valence-corrected chi connectivity index (χ2v) is 8.28. The number of hydrogen-bond acceptors (Lipinski definition) is 3. The zero-order valence-electron chi connectivity index (χ0n) is 15.8. The van der Waals surface area contributed by atoms with E-state index >= 15 is 0 Å². The molecule has 138 valence electrons. The van der Waals surface area contributed by atoms with E-state index in [9.17, 15) is 4.79 Å². The first-order valence-electron chi connectivity index (χ1n) is 9.27. The predicted molar refractivity (Wildman–Crippen MR) is 97.0 cm³/mol. The van der Waals surface area contributed by atoms with Gasteiger partial charge in [0.05, 0.1) is 0 Å². The predicted octanol–water partition coefficient (Wildman–Crippen LogP) is 2.68. The Morgan fingerprint density at radius 2 is 1.62 bits per heavy atom. The lowest BCUT2D eigenvalue weighted by Gasteiger charge is -2.33. The minimum atomic E-state index is -0.432. The summed E-state index contributed by atoms with van der Waals surface area (Å²) in [5.41, 5.74) is 5.72. The standard InChI is InChI=1S/C18H34N4O2/c1-14-5-9-21(10-6-14)16(19)20-13-15-7-11-22(12-8-15)17(23)24-18(2,3)4/h14-15H,5-13H2,1-4H3,(H2,19,20). The second kappa shape index (κ2) is 8.08. The van der Waals surface area contributed by atoms with Gasteiger partial charge in [0.1, 0.15) is 5.60 Å². The zero-order valence-corrected chi connectivity index (χ0v) is 15.8. The molecule has 2 N–H and O–H groups in total. The van der Waals surface area contributed by atoms with Gasteiger partial charge in [-0.2, -0.15) is 0 Å². The minimum absolute atomic E-state index is 0.202. The third kappa shape index (κ3) is 5.87. The van der Waals surface area contributed by atoms with Crippen LogP contribution in [-0.4, -0.2) is 60.2 Å². The van der Waals surface area contributed by atoms with Crippen molar-refractivity contribution in [3.05, 3.63) is 0 Å². The smallest absolute Gasteiger partial charge is 0.410 e. The van der Waals surface area contributed by atoms with Gasteiger partial charge in [-0.05, 0) is 58.3 Å². The van der Waals surface area contributed by atoms with Gasteiger partial charge >= 0.3 is 6.09 Å². The average Bonchev–Trinajstić information content (AvgIpc) is 2.52. The lowest BCUT2D eigenvalue weighted by Crippen LogP contribution is -2.43. The Morgan fingerprint density at radius 1 is 1.08 bits per heavy atom. The molecular formula is C18H34N4O2. The number of amides is 1. The number of nitrogens with zero attached hydrogens (tertiary/aromatic N) is 3. The molecule has 0 aromatic rings. The molecule has 2 saturated heterocycles. The van der Waals surface area contributed by atoms with Crippen molar-refractivity contribution in [3.63, 3.8) is 0 Å². The summed E-state index contributed by atoms with van der Waals surface area (Å²) in [4.78, 5) is 20.7. The fourth-order valence-electron chi connectivity index (χ4n) is 3.18. The van der Waals surface area contributed by atoms with Gasteiger partial charge in [-0.1, -0.05) is 6.92 Å². The van der Waals surface area contributed by atoms with Crippen molar-refractivity contribution >= 4 is 12.1 Å². The summed E-state index contributed by atoms with van der Waals surface area (Å²) in [6.45, 7) is 12.3. The Labute approximate surface area is 146 Å². The van der Waals surface area contributed by atoms with Gasteiger partial charge in [0.25, 0.3) is 0 Å². The number of carbonyl (C=O) groups excluding carboxylic acids is 1. The molecule has 6 nitrogen and oxygen atoms in total. The number of hydrogen-bond donors (Lipinski definition) is 1. The number of nitrogens with two attached hydrogens (primary N) is 1. The van der Waals surface area contributed by atoms with Gasteiger partial charge in [0.15, 0.2) is 5.96 Å². The lowest BCUT2D eigenvalue weighted by molar-refractivity contribution is 0.0187. The Hall–Kier alpha value is -1.46. The molecule has 0 saturated carbocycles. The number of carbonyl (C=O) groups is 1. The SMILES string of the molecule is CC1CCN(C(N)=NCC2CCN(C(=O)OC(C)(C)C)CC2)CC1. The Balaban J connectivity index is 1.73. The second-order valence-electron chi connectivity index (χ2n) is 8.28. The Morgan fingerprint density at radius 3 is 2.17 bits per heavy atom. The van der Waals surface area contributed by atoms with Gasteiger partial charge in [0, 0.05) is 32.7 Å². The molecule has 2 heterocycles. The van der Waals surface area contributed by atoms with Crippen LogP contribution in [0, 0.1) is 11.8 Å². The van der Waals surface area contributed by atoms with Crippen LogP contribution in [-0.2, 0) is 4.74 Å². The molecular weight excluding hydrogens is 304 g/mol. The summed E-state index contributed by atoms with van der Waals surface area (Å²) in [5, 5.41) is 0. The zero-order chi connectivity index (χ0) is 17.7. The van der Waals surface area contributed by atoms with Crippen LogP contribution < -0.4 is 5.73 Å². The molecule has 2 fully saturated rings. The van der Waals surface area contributed by atoms with E-state index < -0.39 is 5.60 Å². The van der Waals surface area contributed by atoms with Gasteiger partial charge in [0.2, 0.25) is 0 Å². The maximum Gasteiger partial charge on any atom is 0.410 e. The molecule has 2 rings (SSSR count). The van der Waals surface area contributed by atoms with E-state index in [0.717, 1.165) is 51.5 Å². The van der Waals surface area contributed by atoms with E-state index in [1.54, 1.807) is 4.90 Å². The number of rotatable bonds is 2. The van der Waals surface area contributed by atoms with Crippen molar-refractivity contribution in [2.75, 3.05) is 32.7 Å². The highest BCUT2D eigenvalue weighted by atomic mass is 16.6. The summed E-state index contributed by atoms with van der Waals surface area (Å²) in [6.07, 6.45) is 4.13. The van der Waals surface area contributed by atoms with Crippen molar-refractivity contribution < 1.29 is 9.53 Å². The van der Waals surface area contributed by atoms with Crippen LogP contribution in [0.1, 0.15) is 53.4 Å². The summed E-state index contributed by atoms with van der Waals surface area (Å²) in [5.74, 6) is 1.99. The van der Waals surface area contributed by atoms with Crippen molar-refractivity contribution in [1.29, 1.82) is 0 Å². The van der Waals surface area contributed by atoms with E-state index in [1.807, 2.05) is 20.8 Å². The molecule has 0 bridgehead atoms. The quantitative estimate of drug-likeness (QED) is 0.621. The molecule has 0 radical (unpaired) electrons. The molecule has 1 amide bonds. The number of ether oxygens (including phenoxy) is 1. The molecule has 6 heteroatoms. The van der Waals surface area contributed by atoms with Gasteiger partial charge in [-0.3, -0.25) is 4.99 Å². The Kier molecular flexibility index (Phi) is 6.35. The average molecular weight is 338 g/mol. The van der Waals surface area contributed by atoms with Gasteiger partial charge in [-0.25, -0.2) is 4.79 Å². The highest BCUT2D eigenvalue weighted by Gasteiger charge is 2.27. The first-order valence-corrected chi connectivity index (χ1v) is 9.27. The number of guanidine groups is 1. The third-order valence-corrected chi connectivity index (χ3v) is 4.89. The highest BCUT2D eigenvalue weighted by molar-refractivity contribution is 5.78. The normalized spacial score (nSPS) is 21.9. The molecule has 24 heavy (non-hydrogen) atoms. The van der Waals surface area contributed by atoms with Crippen LogP contribution in [0.5, 0.6) is 0 Å². The first-order chi connectivity index (χ1) is 11.2. The summed E-state index contributed by atoms with van der Waals surface area (Å²) >= 11 is 0. The molecule has 0 aromatic carbocycles. The highest BCUT2D eigenvalue weighted by Crippen LogP contribution is 2.20. The van der Waals surface area contributed by atoms with Crippen LogP contribution in [0.25, 0.3) is 0 Å². The molecule has 0 aromatic heterocycles. The minimum Gasteiger partial charge on any atom is -0.444 e. The largest absolute Gasteiger partial charge is 0.444 e. The fraction of sp³-hybridized carbons (Fsp3) is 0.889. The maximum atomic E-state index is 12.1. The maximum absolute atomic E-state index is 12.1.